The number of carbonyl (C=O) groups is 2. The Balaban J connectivity index is 1.30. The number of hydrogen-bond acceptors (Lipinski definition) is 7. The van der Waals surface area contributed by atoms with Gasteiger partial charge in [0.25, 0.3) is 0 Å². The minimum Gasteiger partial charge on any atom is -0.481 e. The highest BCUT2D eigenvalue weighted by Gasteiger charge is 2.53. The third kappa shape index (κ3) is 4.43. The minimum atomic E-state index is -0.750. The Labute approximate surface area is 209 Å². The molecule has 1 aliphatic rings. The highest BCUT2D eigenvalue weighted by Crippen LogP contribution is 2.52. The monoisotopic (exact) mass is 506 g/mol. The summed E-state index contributed by atoms with van der Waals surface area (Å²) in [5.74, 6) is 5.73. The molecule has 0 aliphatic heterocycles. The number of carbonyl (C=O) groups excluding carboxylic acids is 1. The molecule has 7 nitrogen and oxygen atoms in total. The zero-order valence-electron chi connectivity index (χ0n) is 19.3. The number of aryl methyl sites for hydroxylation is 2. The molecule has 0 radical (unpaired) electrons. The molecular formula is C26H22N2O5S2. The van der Waals surface area contributed by atoms with Gasteiger partial charge in [0, 0.05) is 10.3 Å². The number of fused-ring (bicyclic) bond motifs is 1. The predicted molar refractivity (Wildman–Crippen MR) is 135 cm³/mol. The summed E-state index contributed by atoms with van der Waals surface area (Å²) in [7, 11) is 0. The SMILES string of the molecule is Cc1ccccc1C(C)OC(=O)Nc1c(C#Cc2cc3cc(C4(C(=O)O)CC4)sc3s2)noc1C. The molecule has 1 fully saturated rings. The van der Waals surface area contributed by atoms with Gasteiger partial charge in [-0.3, -0.25) is 10.1 Å². The Morgan fingerprint density at radius 1 is 1.20 bits per heavy atom. The fourth-order valence-electron chi connectivity index (χ4n) is 3.95. The van der Waals surface area contributed by atoms with Crippen LogP contribution in [-0.2, 0) is 14.9 Å². The van der Waals surface area contributed by atoms with Crippen molar-refractivity contribution in [1.82, 2.24) is 5.16 Å². The summed E-state index contributed by atoms with van der Waals surface area (Å²) >= 11 is 3.03. The Kier molecular flexibility index (Phi) is 5.87. The lowest BCUT2D eigenvalue weighted by atomic mass is 10.1. The van der Waals surface area contributed by atoms with Crippen LogP contribution in [0.4, 0.5) is 10.5 Å². The molecule has 0 bridgehead atoms. The molecule has 1 aromatic carbocycles. The van der Waals surface area contributed by atoms with E-state index in [0.717, 1.165) is 30.3 Å². The number of aliphatic carboxylic acids is 1. The van der Waals surface area contributed by atoms with Gasteiger partial charge < -0.3 is 14.4 Å². The summed E-state index contributed by atoms with van der Waals surface area (Å²) < 4.78 is 11.8. The van der Waals surface area contributed by atoms with Crippen LogP contribution in [0.3, 0.4) is 0 Å². The smallest absolute Gasteiger partial charge is 0.412 e. The highest BCUT2D eigenvalue weighted by molar-refractivity contribution is 7.38. The van der Waals surface area contributed by atoms with Crippen molar-refractivity contribution in [2.75, 3.05) is 5.32 Å². The van der Waals surface area contributed by atoms with Crippen LogP contribution in [0.25, 0.3) is 9.40 Å². The first kappa shape index (κ1) is 23.1. The molecule has 3 heterocycles. The van der Waals surface area contributed by atoms with E-state index in [1.54, 1.807) is 6.92 Å². The van der Waals surface area contributed by atoms with E-state index in [4.69, 9.17) is 9.26 Å². The number of ether oxygens (including phenoxy) is 1. The van der Waals surface area contributed by atoms with E-state index in [1.165, 1.54) is 22.7 Å². The average Bonchev–Trinajstić information content (AvgIpc) is 3.25. The highest BCUT2D eigenvalue weighted by atomic mass is 32.2. The van der Waals surface area contributed by atoms with Gasteiger partial charge >= 0.3 is 12.1 Å². The molecule has 35 heavy (non-hydrogen) atoms. The van der Waals surface area contributed by atoms with E-state index in [-0.39, 0.29) is 0 Å². The van der Waals surface area contributed by atoms with Crippen molar-refractivity contribution in [2.24, 2.45) is 0 Å². The number of aromatic nitrogens is 1. The lowest BCUT2D eigenvalue weighted by molar-refractivity contribution is -0.139. The van der Waals surface area contributed by atoms with Gasteiger partial charge in [0.15, 0.2) is 11.5 Å². The number of nitrogens with zero attached hydrogens (tertiary/aromatic N) is 1. The molecule has 3 aromatic heterocycles. The van der Waals surface area contributed by atoms with Crippen LogP contribution in [0.15, 0.2) is 40.9 Å². The van der Waals surface area contributed by atoms with Crippen molar-refractivity contribution < 1.29 is 24.0 Å². The Morgan fingerprint density at radius 3 is 2.66 bits per heavy atom. The second-order valence-electron chi connectivity index (χ2n) is 8.59. The van der Waals surface area contributed by atoms with E-state index in [0.29, 0.717) is 30.0 Å². The van der Waals surface area contributed by atoms with Gasteiger partial charge in [-0.1, -0.05) is 29.4 Å². The van der Waals surface area contributed by atoms with Crippen LogP contribution in [0.1, 0.15) is 58.2 Å². The van der Waals surface area contributed by atoms with Gasteiger partial charge in [0.05, 0.1) is 8.89 Å². The number of carboxylic acid groups (broad SMARTS) is 1. The summed E-state index contributed by atoms with van der Waals surface area (Å²) in [5, 5.41) is 17.2. The molecule has 1 aliphatic carbocycles. The Morgan fingerprint density at radius 2 is 1.97 bits per heavy atom. The van der Waals surface area contributed by atoms with Gasteiger partial charge in [0.2, 0.25) is 0 Å². The summed E-state index contributed by atoms with van der Waals surface area (Å²) in [6, 6.07) is 11.6. The molecule has 1 amide bonds. The van der Waals surface area contributed by atoms with E-state index in [1.807, 2.05) is 50.2 Å². The van der Waals surface area contributed by atoms with Crippen LogP contribution in [-0.4, -0.2) is 22.3 Å². The number of hydrogen-bond donors (Lipinski definition) is 2. The number of rotatable bonds is 5. The summed E-state index contributed by atoms with van der Waals surface area (Å²) in [5.41, 5.74) is 1.96. The van der Waals surface area contributed by atoms with Crippen LogP contribution >= 0.6 is 22.7 Å². The lowest BCUT2D eigenvalue weighted by Gasteiger charge is -2.16. The van der Waals surface area contributed by atoms with Crippen molar-refractivity contribution in [1.29, 1.82) is 0 Å². The van der Waals surface area contributed by atoms with Gasteiger partial charge in [-0.05, 0) is 68.7 Å². The topological polar surface area (TPSA) is 102 Å². The van der Waals surface area contributed by atoms with Crippen molar-refractivity contribution >= 4 is 49.8 Å². The van der Waals surface area contributed by atoms with Crippen molar-refractivity contribution in [3.05, 3.63) is 68.7 Å². The quantitative estimate of drug-likeness (QED) is 0.304. The second-order valence-corrected chi connectivity index (χ2v) is 11.0. The fraction of sp³-hybridized carbons (Fsp3) is 0.269. The second kappa shape index (κ2) is 8.87. The molecule has 9 heteroatoms. The number of carboxylic acids is 1. The Bertz CT molecular complexity index is 1480. The third-order valence-electron chi connectivity index (χ3n) is 6.15. The number of nitrogens with one attached hydrogen (secondary N) is 1. The van der Waals surface area contributed by atoms with Gasteiger partial charge in [-0.15, -0.1) is 22.7 Å². The first-order chi connectivity index (χ1) is 16.8. The maximum absolute atomic E-state index is 12.5. The Hall–Kier alpha value is -3.61. The maximum atomic E-state index is 12.5. The first-order valence-electron chi connectivity index (χ1n) is 11.1. The summed E-state index contributed by atoms with van der Waals surface area (Å²) in [4.78, 5) is 25.9. The fourth-order valence-corrected chi connectivity index (χ4v) is 6.49. The number of amides is 1. The van der Waals surface area contributed by atoms with Gasteiger partial charge in [-0.2, -0.15) is 0 Å². The number of anilines is 1. The van der Waals surface area contributed by atoms with Gasteiger partial charge in [0.1, 0.15) is 17.2 Å². The molecule has 1 atom stereocenters. The predicted octanol–water partition coefficient (Wildman–Crippen LogP) is 6.39. The molecule has 1 saturated carbocycles. The standard InChI is InChI=1S/C26H22N2O5S2/c1-14-6-4-5-7-19(14)15(2)32-25(31)27-22-16(3)33-28-20(22)9-8-18-12-17-13-21(35-23(17)34-18)26(10-11-26)24(29)30/h4-7,12-13,15H,10-11H2,1-3H3,(H,27,31)(H,29,30). The summed E-state index contributed by atoms with van der Waals surface area (Å²) in [6.07, 6.45) is 0.337. The van der Waals surface area contributed by atoms with Crippen LogP contribution in [0.2, 0.25) is 0 Å². The number of thiophene rings is 2. The van der Waals surface area contributed by atoms with Gasteiger partial charge in [-0.25, -0.2) is 4.79 Å². The van der Waals surface area contributed by atoms with E-state index >= 15 is 0 Å². The molecule has 0 saturated heterocycles. The van der Waals surface area contributed by atoms with Crippen molar-refractivity contribution in [2.45, 2.75) is 45.1 Å². The molecule has 2 N–H and O–H groups in total. The third-order valence-corrected chi connectivity index (χ3v) is 8.66. The lowest BCUT2D eigenvalue weighted by Crippen LogP contribution is -2.17. The average molecular weight is 507 g/mol. The zero-order valence-corrected chi connectivity index (χ0v) is 20.9. The number of benzene rings is 1. The van der Waals surface area contributed by atoms with Crippen LogP contribution in [0.5, 0.6) is 0 Å². The maximum Gasteiger partial charge on any atom is 0.412 e. The normalized spacial score (nSPS) is 14.7. The zero-order chi connectivity index (χ0) is 24.7. The van der Waals surface area contributed by atoms with E-state index < -0.39 is 23.6 Å². The molecule has 5 rings (SSSR count). The molecule has 4 aromatic rings. The van der Waals surface area contributed by atoms with Crippen LogP contribution in [0, 0.1) is 25.7 Å². The van der Waals surface area contributed by atoms with Crippen molar-refractivity contribution in [3.63, 3.8) is 0 Å². The largest absolute Gasteiger partial charge is 0.481 e. The molecule has 1 unspecified atom stereocenters. The summed E-state index contributed by atoms with van der Waals surface area (Å²) in [6.45, 7) is 5.48. The molecular weight excluding hydrogens is 484 g/mol. The van der Waals surface area contributed by atoms with Crippen LogP contribution < -0.4 is 5.32 Å². The molecule has 178 valence electrons. The first-order valence-corrected chi connectivity index (χ1v) is 12.7. The van der Waals surface area contributed by atoms with Crippen molar-refractivity contribution in [3.8, 4) is 11.8 Å². The van der Waals surface area contributed by atoms with E-state index in [2.05, 4.69) is 22.3 Å². The molecule has 0 spiro atoms. The minimum absolute atomic E-state index is 0.309. The van der Waals surface area contributed by atoms with E-state index in [9.17, 15) is 14.7 Å².